The molecule has 2 N–H and O–H groups in total. The van der Waals surface area contributed by atoms with Gasteiger partial charge >= 0.3 is 0 Å². The molecule has 0 fully saturated rings. The lowest BCUT2D eigenvalue weighted by Crippen LogP contribution is -1.98. The Labute approximate surface area is 111 Å². The predicted molar refractivity (Wildman–Crippen MR) is 82.0 cm³/mol. The molecular formula is C17H21N. The Morgan fingerprint density at radius 1 is 1.11 bits per heavy atom. The van der Waals surface area contributed by atoms with Crippen LogP contribution in [-0.4, -0.2) is 6.54 Å². The normalized spacial score (nSPS) is 12.6. The second-order valence-electron chi connectivity index (χ2n) is 3.55. The Morgan fingerprint density at radius 3 is 2.28 bits per heavy atom. The summed E-state index contributed by atoms with van der Waals surface area (Å²) in [5, 5.41) is 0. The van der Waals surface area contributed by atoms with E-state index in [1.54, 1.807) is 6.08 Å². The van der Waals surface area contributed by atoms with Crippen LogP contribution in [0.1, 0.15) is 13.8 Å². The first-order valence-electron chi connectivity index (χ1n) is 5.87. The van der Waals surface area contributed by atoms with Crippen molar-refractivity contribution in [2.45, 2.75) is 13.8 Å². The van der Waals surface area contributed by atoms with Crippen LogP contribution in [0.2, 0.25) is 0 Å². The van der Waals surface area contributed by atoms with Gasteiger partial charge in [0.25, 0.3) is 0 Å². The molecule has 1 nitrogen and oxygen atoms in total. The molecule has 0 aromatic carbocycles. The molecule has 0 saturated heterocycles. The number of allylic oxidation sites excluding steroid dienone is 8. The Hall–Kier alpha value is -2.04. The summed E-state index contributed by atoms with van der Waals surface area (Å²) in [6, 6.07) is 0. The van der Waals surface area contributed by atoms with Crippen LogP contribution < -0.4 is 5.73 Å². The molecule has 0 aliphatic heterocycles. The number of hydrogen-bond donors (Lipinski definition) is 1. The highest BCUT2D eigenvalue weighted by molar-refractivity contribution is 5.48. The Kier molecular flexibility index (Phi) is 8.99. The van der Waals surface area contributed by atoms with Crippen molar-refractivity contribution in [1.82, 2.24) is 0 Å². The van der Waals surface area contributed by atoms with Gasteiger partial charge in [0.05, 0.1) is 0 Å². The Balaban J connectivity index is 4.95. The molecule has 0 bridgehead atoms. The van der Waals surface area contributed by atoms with Crippen LogP contribution in [0.25, 0.3) is 0 Å². The summed E-state index contributed by atoms with van der Waals surface area (Å²) < 4.78 is 0. The average Bonchev–Trinajstić information content (AvgIpc) is 2.38. The van der Waals surface area contributed by atoms with Crippen molar-refractivity contribution in [1.29, 1.82) is 0 Å². The fourth-order valence-corrected chi connectivity index (χ4v) is 1.08. The van der Waals surface area contributed by atoms with Crippen molar-refractivity contribution in [3.05, 3.63) is 72.4 Å². The van der Waals surface area contributed by atoms with E-state index in [1.165, 1.54) is 0 Å². The third-order valence-corrected chi connectivity index (χ3v) is 2.07. The van der Waals surface area contributed by atoms with Gasteiger partial charge in [-0.05, 0) is 31.6 Å². The first-order valence-corrected chi connectivity index (χ1v) is 5.87. The monoisotopic (exact) mass is 239 g/mol. The number of nitrogens with two attached hydrogens (primary N) is 1. The molecule has 0 unspecified atom stereocenters. The van der Waals surface area contributed by atoms with E-state index in [1.807, 2.05) is 50.3 Å². The topological polar surface area (TPSA) is 26.0 Å². The third-order valence-electron chi connectivity index (χ3n) is 2.07. The summed E-state index contributed by atoms with van der Waals surface area (Å²) in [6.45, 7) is 11.8. The largest absolute Gasteiger partial charge is 0.327 e. The number of hydrogen-bond acceptors (Lipinski definition) is 1. The van der Waals surface area contributed by atoms with Crippen LogP contribution in [0, 0.1) is 11.8 Å². The standard InChI is InChI=1S/C17H21N/c1-5-8-17(9-6-2)13-12-16(7-3)11-10-15(4)14-18/h5-11H,1,4,14,18H2,2-3H3/b9-6-,11-10-,16-7+,17-8+. The van der Waals surface area contributed by atoms with Gasteiger partial charge in [-0.25, -0.2) is 0 Å². The molecule has 0 aromatic rings. The van der Waals surface area contributed by atoms with E-state index in [4.69, 9.17) is 5.73 Å². The molecule has 0 radical (unpaired) electrons. The quantitative estimate of drug-likeness (QED) is 0.574. The minimum absolute atomic E-state index is 0.459. The third kappa shape index (κ3) is 7.27. The van der Waals surface area contributed by atoms with E-state index in [-0.39, 0.29) is 0 Å². The van der Waals surface area contributed by atoms with E-state index in [0.717, 1.165) is 16.7 Å². The molecule has 0 aliphatic rings. The minimum atomic E-state index is 0.459. The zero-order chi connectivity index (χ0) is 13.8. The average molecular weight is 239 g/mol. The number of rotatable bonds is 5. The van der Waals surface area contributed by atoms with Crippen LogP contribution in [0.3, 0.4) is 0 Å². The van der Waals surface area contributed by atoms with Crippen LogP contribution in [0.15, 0.2) is 72.4 Å². The fourth-order valence-electron chi connectivity index (χ4n) is 1.08. The second kappa shape index (κ2) is 10.1. The van der Waals surface area contributed by atoms with Crippen molar-refractivity contribution < 1.29 is 0 Å². The second-order valence-corrected chi connectivity index (χ2v) is 3.55. The lowest BCUT2D eigenvalue weighted by molar-refractivity contribution is 1.20. The van der Waals surface area contributed by atoms with Gasteiger partial charge in [0.15, 0.2) is 0 Å². The maximum absolute atomic E-state index is 5.47. The summed E-state index contributed by atoms with van der Waals surface area (Å²) >= 11 is 0. The first kappa shape index (κ1) is 16.0. The summed E-state index contributed by atoms with van der Waals surface area (Å²) in [4.78, 5) is 0. The van der Waals surface area contributed by atoms with Gasteiger partial charge in [0.1, 0.15) is 0 Å². The molecule has 0 saturated carbocycles. The highest BCUT2D eigenvalue weighted by Crippen LogP contribution is 2.01. The Bertz CT molecular complexity index is 460. The SMILES string of the molecule is C=C/C=C(C#CC(/C=C\C(=C)CN)=C/C)\C=C/C. The van der Waals surface area contributed by atoms with Gasteiger partial charge in [-0.3, -0.25) is 0 Å². The molecule has 0 heterocycles. The van der Waals surface area contributed by atoms with Gasteiger partial charge in [-0.1, -0.05) is 55.4 Å². The van der Waals surface area contributed by atoms with Crippen LogP contribution in [-0.2, 0) is 0 Å². The summed E-state index contributed by atoms with van der Waals surface area (Å²) in [7, 11) is 0. The molecule has 0 aliphatic carbocycles. The van der Waals surface area contributed by atoms with Crippen molar-refractivity contribution in [3.63, 3.8) is 0 Å². The molecule has 18 heavy (non-hydrogen) atoms. The summed E-state index contributed by atoms with van der Waals surface area (Å²) in [5.41, 5.74) is 8.21. The lowest BCUT2D eigenvalue weighted by Gasteiger charge is -1.93. The molecular weight excluding hydrogens is 218 g/mol. The molecule has 94 valence electrons. The van der Waals surface area contributed by atoms with Crippen LogP contribution in [0.4, 0.5) is 0 Å². The molecule has 0 spiro atoms. The fraction of sp³-hybridized carbons (Fsp3) is 0.176. The minimum Gasteiger partial charge on any atom is -0.327 e. The van der Waals surface area contributed by atoms with Crippen molar-refractivity contribution in [2.24, 2.45) is 5.73 Å². The highest BCUT2D eigenvalue weighted by atomic mass is 14.5. The van der Waals surface area contributed by atoms with Crippen LogP contribution in [0.5, 0.6) is 0 Å². The predicted octanol–water partition coefficient (Wildman–Crippen LogP) is 3.70. The van der Waals surface area contributed by atoms with Gasteiger partial charge in [-0.15, -0.1) is 0 Å². The first-order chi connectivity index (χ1) is 8.67. The van der Waals surface area contributed by atoms with Crippen molar-refractivity contribution >= 4 is 0 Å². The molecule has 0 rings (SSSR count). The van der Waals surface area contributed by atoms with Gasteiger partial charge in [0.2, 0.25) is 0 Å². The summed E-state index contributed by atoms with van der Waals surface area (Å²) in [6.07, 6.45) is 13.3. The molecule has 0 atom stereocenters. The maximum atomic E-state index is 5.47. The van der Waals surface area contributed by atoms with E-state index in [2.05, 4.69) is 25.0 Å². The maximum Gasteiger partial charge on any atom is 0.0245 e. The van der Waals surface area contributed by atoms with Gasteiger partial charge in [-0.2, -0.15) is 0 Å². The van der Waals surface area contributed by atoms with E-state index in [9.17, 15) is 0 Å². The highest BCUT2D eigenvalue weighted by Gasteiger charge is 1.87. The van der Waals surface area contributed by atoms with Gasteiger partial charge in [0, 0.05) is 17.7 Å². The smallest absolute Gasteiger partial charge is 0.0245 e. The summed E-state index contributed by atoms with van der Waals surface area (Å²) in [5.74, 6) is 6.18. The zero-order valence-corrected chi connectivity index (χ0v) is 11.2. The Morgan fingerprint density at radius 2 is 1.78 bits per heavy atom. The zero-order valence-electron chi connectivity index (χ0n) is 11.2. The van der Waals surface area contributed by atoms with E-state index < -0.39 is 0 Å². The van der Waals surface area contributed by atoms with Crippen molar-refractivity contribution in [2.75, 3.05) is 6.54 Å². The molecule has 1 heteroatoms. The lowest BCUT2D eigenvalue weighted by atomic mass is 10.1. The molecule has 0 aromatic heterocycles. The van der Waals surface area contributed by atoms with E-state index in [0.29, 0.717) is 6.54 Å². The van der Waals surface area contributed by atoms with E-state index >= 15 is 0 Å². The molecule has 0 amide bonds. The van der Waals surface area contributed by atoms with Gasteiger partial charge < -0.3 is 5.73 Å². The van der Waals surface area contributed by atoms with Crippen molar-refractivity contribution in [3.8, 4) is 11.8 Å². The van der Waals surface area contributed by atoms with Crippen LogP contribution >= 0.6 is 0 Å².